The van der Waals surface area contributed by atoms with Crippen LogP contribution in [0.3, 0.4) is 0 Å². The first-order valence-electron chi connectivity index (χ1n) is 6.33. The molecule has 1 saturated carbocycles. The Labute approximate surface area is 124 Å². The summed E-state index contributed by atoms with van der Waals surface area (Å²) >= 11 is 3.39. The lowest BCUT2D eigenvalue weighted by atomic mass is 9.79. The Kier molecular flexibility index (Phi) is 5.86. The molecular weight excluding hydrogens is 354 g/mol. The van der Waals surface area contributed by atoms with E-state index in [4.69, 9.17) is 0 Å². The molecule has 5 nitrogen and oxygen atoms in total. The van der Waals surface area contributed by atoms with E-state index in [1.807, 2.05) is 0 Å². The SMILES string of the molecule is CC1CCC(CBr)(NS(=O)(=O)CCS(C)(=O)=O)CC1. The third-order valence-electron chi connectivity index (χ3n) is 3.58. The number of hydrogen-bond donors (Lipinski definition) is 1. The van der Waals surface area contributed by atoms with Crippen molar-refractivity contribution in [2.75, 3.05) is 23.1 Å². The Hall–Kier alpha value is 0.340. The molecule has 1 N–H and O–H groups in total. The van der Waals surface area contributed by atoms with Gasteiger partial charge in [-0.25, -0.2) is 21.6 Å². The minimum atomic E-state index is -3.56. The molecule has 0 atom stereocenters. The molecular formula is C11H22BrNO4S2. The van der Waals surface area contributed by atoms with E-state index in [1.54, 1.807) is 0 Å². The number of rotatable bonds is 6. The first-order chi connectivity index (χ1) is 8.58. The summed E-state index contributed by atoms with van der Waals surface area (Å²) in [5.74, 6) is -0.0829. The fourth-order valence-corrected chi connectivity index (χ4v) is 6.23. The minimum Gasteiger partial charge on any atom is -0.229 e. The summed E-state index contributed by atoms with van der Waals surface area (Å²) < 4.78 is 48.8. The van der Waals surface area contributed by atoms with Crippen molar-refractivity contribution in [1.82, 2.24) is 4.72 Å². The standard InChI is InChI=1S/C11H22BrNO4S2/c1-10-3-5-11(9-12,6-4-10)13-19(16,17)8-7-18(2,14)15/h10,13H,3-9H2,1-2H3. The fraction of sp³-hybridized carbons (Fsp3) is 1.00. The zero-order valence-electron chi connectivity index (χ0n) is 11.4. The zero-order chi connectivity index (χ0) is 14.7. The summed E-state index contributed by atoms with van der Waals surface area (Å²) in [6.45, 7) is 2.16. The van der Waals surface area contributed by atoms with Crippen LogP contribution in [0, 0.1) is 5.92 Å². The van der Waals surface area contributed by atoms with Crippen molar-refractivity contribution < 1.29 is 16.8 Å². The van der Waals surface area contributed by atoms with Crippen molar-refractivity contribution in [2.45, 2.75) is 38.1 Å². The van der Waals surface area contributed by atoms with Crippen LogP contribution in [0.4, 0.5) is 0 Å². The van der Waals surface area contributed by atoms with Crippen LogP contribution in [-0.4, -0.2) is 45.5 Å². The minimum absolute atomic E-state index is 0.336. The van der Waals surface area contributed by atoms with Gasteiger partial charge in [0.1, 0.15) is 9.84 Å². The molecule has 0 unspecified atom stereocenters. The number of sulfonamides is 1. The van der Waals surface area contributed by atoms with E-state index in [-0.39, 0.29) is 11.5 Å². The van der Waals surface area contributed by atoms with Gasteiger partial charge in [0.15, 0.2) is 0 Å². The topological polar surface area (TPSA) is 80.3 Å². The van der Waals surface area contributed by atoms with Gasteiger partial charge in [-0.15, -0.1) is 0 Å². The lowest BCUT2D eigenvalue weighted by molar-refractivity contribution is 0.250. The molecule has 0 saturated heterocycles. The summed E-state index contributed by atoms with van der Waals surface area (Å²) in [6.07, 6.45) is 4.60. The average Bonchev–Trinajstić information content (AvgIpc) is 2.29. The van der Waals surface area contributed by atoms with Crippen molar-refractivity contribution in [3.63, 3.8) is 0 Å². The van der Waals surface area contributed by atoms with Crippen LogP contribution in [0.25, 0.3) is 0 Å². The first kappa shape index (κ1) is 17.4. The van der Waals surface area contributed by atoms with E-state index in [9.17, 15) is 16.8 Å². The molecule has 0 aromatic heterocycles. The van der Waals surface area contributed by atoms with Gasteiger partial charge in [0, 0.05) is 17.1 Å². The van der Waals surface area contributed by atoms with Crippen LogP contribution in [0.5, 0.6) is 0 Å². The number of halogens is 1. The molecule has 1 fully saturated rings. The summed E-state index contributed by atoms with van der Waals surface area (Å²) in [4.78, 5) is 0. The average molecular weight is 376 g/mol. The molecule has 0 amide bonds. The highest BCUT2D eigenvalue weighted by molar-refractivity contribution is 9.09. The summed E-state index contributed by atoms with van der Waals surface area (Å²) in [5, 5.41) is 0.560. The molecule has 0 heterocycles. The second-order valence-electron chi connectivity index (χ2n) is 5.65. The van der Waals surface area contributed by atoms with Crippen LogP contribution in [0.2, 0.25) is 0 Å². The Morgan fingerprint density at radius 2 is 1.68 bits per heavy atom. The molecule has 8 heteroatoms. The van der Waals surface area contributed by atoms with Gasteiger partial charge in [-0.2, -0.15) is 0 Å². The number of hydrogen-bond acceptors (Lipinski definition) is 4. The molecule has 0 radical (unpaired) electrons. The quantitative estimate of drug-likeness (QED) is 0.709. The molecule has 0 aromatic carbocycles. The van der Waals surface area contributed by atoms with E-state index >= 15 is 0 Å². The van der Waals surface area contributed by atoms with Gasteiger partial charge in [0.25, 0.3) is 0 Å². The van der Waals surface area contributed by atoms with E-state index in [0.29, 0.717) is 11.2 Å². The highest BCUT2D eigenvalue weighted by Gasteiger charge is 2.36. The lowest BCUT2D eigenvalue weighted by Crippen LogP contribution is -2.52. The van der Waals surface area contributed by atoms with Gasteiger partial charge in [0.2, 0.25) is 10.0 Å². The van der Waals surface area contributed by atoms with Crippen molar-refractivity contribution in [3.8, 4) is 0 Å². The third kappa shape index (κ3) is 6.10. The van der Waals surface area contributed by atoms with Gasteiger partial charge in [-0.05, 0) is 31.6 Å². The van der Waals surface area contributed by atoms with Gasteiger partial charge in [-0.1, -0.05) is 22.9 Å². The summed E-state index contributed by atoms with van der Waals surface area (Å²) in [6, 6.07) is 0. The Morgan fingerprint density at radius 3 is 2.11 bits per heavy atom. The number of sulfone groups is 1. The van der Waals surface area contributed by atoms with Crippen molar-refractivity contribution in [2.24, 2.45) is 5.92 Å². The maximum absolute atomic E-state index is 12.0. The largest absolute Gasteiger partial charge is 0.229 e. The van der Waals surface area contributed by atoms with E-state index < -0.39 is 25.4 Å². The maximum Gasteiger partial charge on any atom is 0.213 e. The molecule has 1 rings (SSSR count). The van der Waals surface area contributed by atoms with Crippen molar-refractivity contribution in [3.05, 3.63) is 0 Å². The molecule has 1 aliphatic carbocycles. The van der Waals surface area contributed by atoms with Gasteiger partial charge >= 0.3 is 0 Å². The smallest absolute Gasteiger partial charge is 0.213 e. The monoisotopic (exact) mass is 375 g/mol. The van der Waals surface area contributed by atoms with Gasteiger partial charge in [-0.3, -0.25) is 0 Å². The van der Waals surface area contributed by atoms with Crippen molar-refractivity contribution in [1.29, 1.82) is 0 Å². The predicted molar refractivity (Wildman–Crippen MR) is 80.8 cm³/mol. The Morgan fingerprint density at radius 1 is 1.16 bits per heavy atom. The number of nitrogens with one attached hydrogen (secondary N) is 1. The zero-order valence-corrected chi connectivity index (χ0v) is 14.6. The molecule has 0 aliphatic heterocycles. The maximum atomic E-state index is 12.0. The molecule has 0 bridgehead atoms. The van der Waals surface area contributed by atoms with E-state index in [2.05, 4.69) is 27.6 Å². The molecule has 0 aromatic rings. The van der Waals surface area contributed by atoms with Crippen LogP contribution in [-0.2, 0) is 19.9 Å². The normalized spacial score (nSPS) is 29.3. The lowest BCUT2D eigenvalue weighted by Gasteiger charge is -2.38. The molecule has 0 spiro atoms. The Bertz CT molecular complexity index is 493. The molecule has 1 aliphatic rings. The first-order valence-corrected chi connectivity index (χ1v) is 11.2. The second kappa shape index (κ2) is 6.41. The fourth-order valence-electron chi connectivity index (χ4n) is 2.22. The van der Waals surface area contributed by atoms with Gasteiger partial charge in [0.05, 0.1) is 11.5 Å². The third-order valence-corrected chi connectivity index (χ3v) is 7.35. The highest BCUT2D eigenvalue weighted by atomic mass is 79.9. The summed E-state index contributed by atoms with van der Waals surface area (Å²) in [5.41, 5.74) is -0.456. The van der Waals surface area contributed by atoms with Crippen LogP contribution < -0.4 is 4.72 Å². The van der Waals surface area contributed by atoms with Crippen molar-refractivity contribution >= 4 is 35.8 Å². The Balaban J connectivity index is 2.69. The van der Waals surface area contributed by atoms with Crippen LogP contribution in [0.15, 0.2) is 0 Å². The summed E-state index contributed by atoms with van der Waals surface area (Å²) in [7, 11) is -6.83. The highest BCUT2D eigenvalue weighted by Crippen LogP contribution is 2.33. The van der Waals surface area contributed by atoms with Gasteiger partial charge < -0.3 is 0 Å². The predicted octanol–water partition coefficient (Wildman–Crippen LogP) is 1.29. The van der Waals surface area contributed by atoms with E-state index in [0.717, 1.165) is 31.9 Å². The molecule has 19 heavy (non-hydrogen) atoms. The molecule has 114 valence electrons. The van der Waals surface area contributed by atoms with Crippen LogP contribution in [0.1, 0.15) is 32.6 Å². The number of alkyl halides is 1. The van der Waals surface area contributed by atoms with E-state index in [1.165, 1.54) is 0 Å². The van der Waals surface area contributed by atoms with Crippen LogP contribution >= 0.6 is 15.9 Å². The second-order valence-corrected chi connectivity index (χ2v) is 10.3.